The van der Waals surface area contributed by atoms with Crippen molar-refractivity contribution in [1.82, 2.24) is 4.90 Å². The second-order valence-electron chi connectivity index (χ2n) is 2.91. The van der Waals surface area contributed by atoms with Crippen LogP contribution in [-0.2, 0) is 0 Å². The molecule has 1 unspecified atom stereocenters. The summed E-state index contributed by atoms with van der Waals surface area (Å²) in [6.45, 7) is 5.61. The molecule has 0 radical (unpaired) electrons. The van der Waals surface area contributed by atoms with Crippen LogP contribution in [0.1, 0.15) is 20.3 Å². The average molecular weight is 189 g/mol. The third-order valence-electron chi connectivity index (χ3n) is 2.10. The van der Waals surface area contributed by atoms with Crippen LogP contribution in [0.2, 0.25) is 0 Å². The van der Waals surface area contributed by atoms with Gasteiger partial charge in [0.2, 0.25) is 0 Å². The SMILES string of the molecule is CCN(CCCO)C(C)C(N)=NO. The van der Waals surface area contributed by atoms with E-state index in [2.05, 4.69) is 5.16 Å². The molecule has 0 amide bonds. The molecule has 0 aromatic heterocycles. The lowest BCUT2D eigenvalue weighted by Crippen LogP contribution is -2.43. The first-order valence-electron chi connectivity index (χ1n) is 4.49. The van der Waals surface area contributed by atoms with E-state index in [1.807, 2.05) is 18.7 Å². The van der Waals surface area contributed by atoms with Crippen molar-refractivity contribution in [2.75, 3.05) is 19.7 Å². The van der Waals surface area contributed by atoms with E-state index in [-0.39, 0.29) is 18.5 Å². The number of oxime groups is 1. The molecule has 5 heteroatoms. The predicted molar refractivity (Wildman–Crippen MR) is 51.8 cm³/mol. The van der Waals surface area contributed by atoms with Crippen LogP contribution in [0.3, 0.4) is 0 Å². The molecule has 0 aromatic rings. The van der Waals surface area contributed by atoms with Crippen molar-refractivity contribution in [3.63, 3.8) is 0 Å². The van der Waals surface area contributed by atoms with Gasteiger partial charge in [-0.2, -0.15) is 0 Å². The first kappa shape index (κ1) is 12.2. The van der Waals surface area contributed by atoms with E-state index in [1.54, 1.807) is 0 Å². The summed E-state index contributed by atoms with van der Waals surface area (Å²) in [6, 6.07) is -0.0819. The molecule has 0 aliphatic rings. The lowest BCUT2D eigenvalue weighted by atomic mass is 10.2. The van der Waals surface area contributed by atoms with Gasteiger partial charge < -0.3 is 16.0 Å². The number of amidine groups is 1. The van der Waals surface area contributed by atoms with Gasteiger partial charge in [-0.25, -0.2) is 0 Å². The van der Waals surface area contributed by atoms with Gasteiger partial charge in [0.1, 0.15) is 0 Å². The maximum absolute atomic E-state index is 8.65. The Morgan fingerprint density at radius 1 is 1.62 bits per heavy atom. The smallest absolute Gasteiger partial charge is 0.156 e. The molecule has 0 heterocycles. The number of rotatable bonds is 6. The summed E-state index contributed by atoms with van der Waals surface area (Å²) in [4.78, 5) is 2.03. The zero-order valence-corrected chi connectivity index (χ0v) is 8.27. The summed E-state index contributed by atoms with van der Waals surface area (Å²) >= 11 is 0. The van der Waals surface area contributed by atoms with Crippen molar-refractivity contribution in [3.8, 4) is 0 Å². The van der Waals surface area contributed by atoms with E-state index < -0.39 is 0 Å². The highest BCUT2D eigenvalue weighted by atomic mass is 16.4. The van der Waals surface area contributed by atoms with Crippen molar-refractivity contribution in [2.24, 2.45) is 10.9 Å². The van der Waals surface area contributed by atoms with Gasteiger partial charge in [0.15, 0.2) is 5.84 Å². The molecule has 0 saturated heterocycles. The average Bonchev–Trinajstić information content (AvgIpc) is 2.17. The van der Waals surface area contributed by atoms with Gasteiger partial charge in [0, 0.05) is 13.2 Å². The number of likely N-dealkylation sites (N-methyl/N-ethyl adjacent to an activating group) is 1. The molecule has 13 heavy (non-hydrogen) atoms. The summed E-state index contributed by atoms with van der Waals surface area (Å²) in [5.41, 5.74) is 5.46. The summed E-state index contributed by atoms with van der Waals surface area (Å²) < 4.78 is 0. The molecule has 0 bridgehead atoms. The Morgan fingerprint density at radius 2 is 2.23 bits per heavy atom. The minimum atomic E-state index is -0.0819. The molecule has 0 aromatic carbocycles. The summed E-state index contributed by atoms with van der Waals surface area (Å²) in [6.07, 6.45) is 0.705. The fourth-order valence-corrected chi connectivity index (χ4v) is 1.17. The van der Waals surface area contributed by atoms with E-state index in [0.717, 1.165) is 13.1 Å². The molecule has 0 aliphatic carbocycles. The monoisotopic (exact) mass is 189 g/mol. The summed E-state index contributed by atoms with van der Waals surface area (Å²) in [7, 11) is 0. The Bertz CT molecular complexity index is 161. The summed E-state index contributed by atoms with van der Waals surface area (Å²) in [5.74, 6) is 0.208. The Kier molecular flexibility index (Phi) is 6.26. The molecule has 0 rings (SSSR count). The second-order valence-corrected chi connectivity index (χ2v) is 2.91. The van der Waals surface area contributed by atoms with Gasteiger partial charge in [-0.1, -0.05) is 12.1 Å². The lowest BCUT2D eigenvalue weighted by Gasteiger charge is -2.26. The lowest BCUT2D eigenvalue weighted by molar-refractivity contribution is 0.215. The van der Waals surface area contributed by atoms with Gasteiger partial charge in [0.25, 0.3) is 0 Å². The van der Waals surface area contributed by atoms with Crippen LogP contribution in [0, 0.1) is 0 Å². The first-order chi connectivity index (χ1) is 6.17. The minimum Gasteiger partial charge on any atom is -0.409 e. The molecule has 5 nitrogen and oxygen atoms in total. The van der Waals surface area contributed by atoms with Gasteiger partial charge in [-0.3, -0.25) is 4.90 Å². The maximum Gasteiger partial charge on any atom is 0.156 e. The Morgan fingerprint density at radius 3 is 2.62 bits per heavy atom. The molecular weight excluding hydrogens is 170 g/mol. The Labute approximate surface area is 78.8 Å². The normalized spacial score (nSPS) is 14.9. The second kappa shape index (κ2) is 6.68. The van der Waals surface area contributed by atoms with E-state index in [9.17, 15) is 0 Å². The molecule has 78 valence electrons. The highest BCUT2D eigenvalue weighted by molar-refractivity contribution is 5.84. The van der Waals surface area contributed by atoms with E-state index >= 15 is 0 Å². The van der Waals surface area contributed by atoms with Crippen LogP contribution >= 0.6 is 0 Å². The number of aliphatic hydroxyl groups is 1. The van der Waals surface area contributed by atoms with Gasteiger partial charge in [-0.05, 0) is 19.9 Å². The van der Waals surface area contributed by atoms with Gasteiger partial charge in [0.05, 0.1) is 6.04 Å². The number of nitrogens with two attached hydrogens (primary N) is 1. The predicted octanol–water partition coefficient (Wildman–Crippen LogP) is -0.174. The number of hydrogen-bond acceptors (Lipinski definition) is 4. The zero-order valence-electron chi connectivity index (χ0n) is 8.27. The van der Waals surface area contributed by atoms with Gasteiger partial charge in [-0.15, -0.1) is 0 Å². The largest absolute Gasteiger partial charge is 0.409 e. The van der Waals surface area contributed by atoms with Crippen LogP contribution in [0.25, 0.3) is 0 Å². The minimum absolute atomic E-state index is 0.0819. The fraction of sp³-hybridized carbons (Fsp3) is 0.875. The maximum atomic E-state index is 8.65. The topological polar surface area (TPSA) is 82.1 Å². The van der Waals surface area contributed by atoms with Crippen molar-refractivity contribution in [3.05, 3.63) is 0 Å². The van der Waals surface area contributed by atoms with Crippen LogP contribution < -0.4 is 5.73 Å². The van der Waals surface area contributed by atoms with E-state index in [1.165, 1.54) is 0 Å². The fourth-order valence-electron chi connectivity index (χ4n) is 1.17. The van der Waals surface area contributed by atoms with Crippen molar-refractivity contribution >= 4 is 5.84 Å². The Balaban J connectivity index is 4.06. The molecular formula is C8H19N3O2. The molecule has 0 spiro atoms. The van der Waals surface area contributed by atoms with E-state index in [4.69, 9.17) is 16.0 Å². The van der Waals surface area contributed by atoms with Crippen molar-refractivity contribution in [2.45, 2.75) is 26.3 Å². The molecule has 0 fully saturated rings. The number of nitrogens with zero attached hydrogens (tertiary/aromatic N) is 2. The van der Waals surface area contributed by atoms with Crippen LogP contribution in [0.5, 0.6) is 0 Å². The molecule has 0 aliphatic heterocycles. The highest BCUT2D eigenvalue weighted by Gasteiger charge is 2.15. The van der Waals surface area contributed by atoms with Crippen LogP contribution in [-0.4, -0.2) is 46.8 Å². The molecule has 1 atom stereocenters. The van der Waals surface area contributed by atoms with Gasteiger partial charge >= 0.3 is 0 Å². The van der Waals surface area contributed by atoms with E-state index in [0.29, 0.717) is 6.42 Å². The first-order valence-corrected chi connectivity index (χ1v) is 4.49. The third kappa shape index (κ3) is 4.10. The number of hydrogen-bond donors (Lipinski definition) is 3. The Hall–Kier alpha value is -0.810. The zero-order chi connectivity index (χ0) is 10.3. The number of aliphatic hydroxyl groups excluding tert-OH is 1. The molecule has 4 N–H and O–H groups in total. The molecule has 0 saturated carbocycles. The van der Waals surface area contributed by atoms with Crippen LogP contribution in [0.15, 0.2) is 5.16 Å². The summed E-state index contributed by atoms with van der Waals surface area (Å²) in [5, 5.41) is 20.1. The third-order valence-corrected chi connectivity index (χ3v) is 2.10. The van der Waals surface area contributed by atoms with Crippen LogP contribution in [0.4, 0.5) is 0 Å². The highest BCUT2D eigenvalue weighted by Crippen LogP contribution is 1.99. The van der Waals surface area contributed by atoms with Crippen molar-refractivity contribution in [1.29, 1.82) is 0 Å². The quantitative estimate of drug-likeness (QED) is 0.234. The van der Waals surface area contributed by atoms with Crippen molar-refractivity contribution < 1.29 is 10.3 Å². The standard InChI is InChI=1S/C8H19N3O2/c1-3-11(5-4-6-12)7(2)8(9)10-13/h7,12-13H,3-6H2,1-2H3,(H2,9,10).